The molecular formula is C24H58N2O. The van der Waals surface area contributed by atoms with Gasteiger partial charge in [0.05, 0.1) is 12.2 Å². The van der Waals surface area contributed by atoms with E-state index < -0.39 is 0 Å². The Morgan fingerprint density at radius 2 is 1.11 bits per heavy atom. The summed E-state index contributed by atoms with van der Waals surface area (Å²) in [5.74, 6) is 0.465. The molecule has 0 aromatic rings. The average molecular weight is 391 g/mol. The molecule has 0 bridgehead atoms. The van der Waals surface area contributed by atoms with Crippen molar-refractivity contribution in [1.29, 1.82) is 0 Å². The van der Waals surface area contributed by atoms with E-state index in [1.807, 2.05) is 41.5 Å². The van der Waals surface area contributed by atoms with Gasteiger partial charge in [-0.25, -0.2) is 0 Å². The van der Waals surface area contributed by atoms with Gasteiger partial charge in [0, 0.05) is 23.7 Å². The van der Waals surface area contributed by atoms with Gasteiger partial charge in [0.15, 0.2) is 0 Å². The lowest BCUT2D eigenvalue weighted by Gasteiger charge is -2.37. The Bertz CT molecular complexity index is 286. The van der Waals surface area contributed by atoms with E-state index in [0.717, 1.165) is 13.0 Å². The molecule has 0 aliphatic rings. The average Bonchev–Trinajstić information content (AvgIpc) is 2.55. The quantitative estimate of drug-likeness (QED) is 0.419. The fourth-order valence-corrected chi connectivity index (χ4v) is 2.87. The summed E-state index contributed by atoms with van der Waals surface area (Å²) in [7, 11) is 0. The first-order valence-electron chi connectivity index (χ1n) is 11.5. The lowest BCUT2D eigenvalue weighted by molar-refractivity contribution is -0.0546. The lowest BCUT2D eigenvalue weighted by atomic mass is 9.88. The van der Waals surface area contributed by atoms with Gasteiger partial charge < -0.3 is 15.4 Å². The van der Waals surface area contributed by atoms with E-state index in [9.17, 15) is 0 Å². The van der Waals surface area contributed by atoms with Crippen LogP contribution in [0.5, 0.6) is 0 Å². The fourth-order valence-electron chi connectivity index (χ4n) is 2.87. The fraction of sp³-hybridized carbons (Fsp3) is 1.00. The maximum absolute atomic E-state index is 6.23. The molecule has 0 fully saturated rings. The van der Waals surface area contributed by atoms with E-state index in [0.29, 0.717) is 24.0 Å². The van der Waals surface area contributed by atoms with Crippen molar-refractivity contribution in [1.82, 2.24) is 10.6 Å². The van der Waals surface area contributed by atoms with Gasteiger partial charge in [-0.15, -0.1) is 0 Å². The third kappa shape index (κ3) is 22.0. The molecule has 0 radical (unpaired) electrons. The van der Waals surface area contributed by atoms with Crippen LogP contribution in [0.4, 0.5) is 0 Å². The highest BCUT2D eigenvalue weighted by Crippen LogP contribution is 2.23. The minimum absolute atomic E-state index is 0.0893. The van der Waals surface area contributed by atoms with E-state index in [-0.39, 0.29) is 11.1 Å². The van der Waals surface area contributed by atoms with Crippen LogP contribution in [0.25, 0.3) is 0 Å². The minimum atomic E-state index is -0.0938. The second kappa shape index (κ2) is 19.2. The topological polar surface area (TPSA) is 33.3 Å². The Hall–Kier alpha value is -0.120. The van der Waals surface area contributed by atoms with E-state index in [1.165, 1.54) is 0 Å². The van der Waals surface area contributed by atoms with Gasteiger partial charge in [0.25, 0.3) is 0 Å². The van der Waals surface area contributed by atoms with Crippen LogP contribution in [0.1, 0.15) is 117 Å². The zero-order valence-corrected chi connectivity index (χ0v) is 22.1. The summed E-state index contributed by atoms with van der Waals surface area (Å²) >= 11 is 0. The van der Waals surface area contributed by atoms with Gasteiger partial charge in [0.1, 0.15) is 0 Å². The minimum Gasteiger partial charge on any atom is -0.375 e. The van der Waals surface area contributed by atoms with Crippen LogP contribution in [-0.2, 0) is 4.74 Å². The summed E-state index contributed by atoms with van der Waals surface area (Å²) in [6.45, 7) is 35.0. The smallest absolute Gasteiger partial charge is 0.0641 e. The largest absolute Gasteiger partial charge is 0.375 e. The second-order valence-electron chi connectivity index (χ2n) is 8.42. The van der Waals surface area contributed by atoms with Gasteiger partial charge >= 0.3 is 0 Å². The molecule has 0 aromatic heterocycles. The van der Waals surface area contributed by atoms with E-state index in [4.69, 9.17) is 4.74 Å². The predicted molar refractivity (Wildman–Crippen MR) is 128 cm³/mol. The van der Waals surface area contributed by atoms with Crippen molar-refractivity contribution in [2.75, 3.05) is 6.61 Å². The highest BCUT2D eigenvalue weighted by molar-refractivity contribution is 4.86. The SMILES string of the molecule is CC.CC.CC.CC(C)NC(C)CC(C)(C)OCC(C)C(C)(C)NC(C)C. The van der Waals surface area contributed by atoms with Crippen LogP contribution in [0.2, 0.25) is 0 Å². The number of hydrogen-bond acceptors (Lipinski definition) is 3. The predicted octanol–water partition coefficient (Wildman–Crippen LogP) is 7.05. The number of ether oxygens (including phenoxy) is 1. The van der Waals surface area contributed by atoms with Crippen molar-refractivity contribution in [3.05, 3.63) is 0 Å². The monoisotopic (exact) mass is 390 g/mol. The third-order valence-electron chi connectivity index (χ3n) is 4.03. The van der Waals surface area contributed by atoms with Crippen molar-refractivity contribution in [2.24, 2.45) is 5.92 Å². The third-order valence-corrected chi connectivity index (χ3v) is 4.03. The first-order chi connectivity index (χ1) is 12.4. The molecule has 0 rings (SSSR count). The highest BCUT2D eigenvalue weighted by atomic mass is 16.5. The van der Waals surface area contributed by atoms with E-state index in [2.05, 4.69) is 79.9 Å². The Labute approximate surface area is 174 Å². The molecule has 0 amide bonds. The zero-order valence-electron chi connectivity index (χ0n) is 22.1. The van der Waals surface area contributed by atoms with Crippen molar-refractivity contribution in [3.63, 3.8) is 0 Å². The van der Waals surface area contributed by atoms with Crippen LogP contribution in [0.15, 0.2) is 0 Å². The van der Waals surface area contributed by atoms with E-state index in [1.54, 1.807) is 0 Å². The summed E-state index contributed by atoms with van der Waals surface area (Å²) in [4.78, 5) is 0. The number of nitrogens with one attached hydrogen (secondary N) is 2. The Balaban J connectivity index is -0.000000397. The van der Waals surface area contributed by atoms with Gasteiger partial charge in [-0.1, -0.05) is 76.2 Å². The summed E-state index contributed by atoms with van der Waals surface area (Å²) in [6.07, 6.45) is 1.02. The first kappa shape index (κ1) is 34.4. The van der Waals surface area contributed by atoms with E-state index >= 15 is 0 Å². The molecule has 27 heavy (non-hydrogen) atoms. The molecule has 0 spiro atoms. The lowest BCUT2D eigenvalue weighted by Crippen LogP contribution is -2.50. The molecule has 2 N–H and O–H groups in total. The Morgan fingerprint density at radius 3 is 1.44 bits per heavy atom. The molecule has 0 heterocycles. The van der Waals surface area contributed by atoms with Crippen LogP contribution in [0.3, 0.4) is 0 Å². The summed E-state index contributed by atoms with van der Waals surface area (Å²) < 4.78 is 6.23. The van der Waals surface area contributed by atoms with Crippen molar-refractivity contribution < 1.29 is 4.74 Å². The maximum atomic E-state index is 6.23. The molecule has 170 valence electrons. The highest BCUT2D eigenvalue weighted by Gasteiger charge is 2.29. The van der Waals surface area contributed by atoms with Crippen molar-refractivity contribution >= 4 is 0 Å². The molecule has 0 aromatic carbocycles. The second-order valence-corrected chi connectivity index (χ2v) is 8.42. The molecule has 2 atom stereocenters. The first-order valence-corrected chi connectivity index (χ1v) is 11.5. The van der Waals surface area contributed by atoms with Crippen LogP contribution >= 0.6 is 0 Å². The summed E-state index contributed by atoms with van der Waals surface area (Å²) in [5.41, 5.74) is -0.00444. The molecule has 0 saturated heterocycles. The van der Waals surface area contributed by atoms with Gasteiger partial charge in [-0.05, 0) is 47.0 Å². The molecule has 2 unspecified atom stereocenters. The number of hydrogen-bond donors (Lipinski definition) is 2. The Kier molecular flexibility index (Phi) is 24.5. The molecule has 3 nitrogen and oxygen atoms in total. The molecule has 3 heteroatoms. The van der Waals surface area contributed by atoms with Gasteiger partial charge in [0.2, 0.25) is 0 Å². The van der Waals surface area contributed by atoms with Crippen LogP contribution < -0.4 is 10.6 Å². The summed E-state index contributed by atoms with van der Waals surface area (Å²) in [5, 5.41) is 7.18. The molecule has 0 saturated carbocycles. The standard InChI is InChI=1S/C18H40N2O.3C2H6/c1-13(2)19-16(6)11-17(7,8)21-12-15(5)18(9,10)20-14(3)4;3*1-2/h13-16,19-20H,11-12H2,1-10H3;3*1-2H3. The van der Waals surface area contributed by atoms with Crippen LogP contribution in [-0.4, -0.2) is 35.9 Å². The number of rotatable bonds is 10. The van der Waals surface area contributed by atoms with Crippen molar-refractivity contribution in [3.8, 4) is 0 Å². The molecule has 0 aliphatic carbocycles. The maximum Gasteiger partial charge on any atom is 0.0641 e. The normalized spacial score (nSPS) is 13.6. The zero-order chi connectivity index (χ0) is 22.8. The van der Waals surface area contributed by atoms with Gasteiger partial charge in [-0.2, -0.15) is 0 Å². The molecule has 0 aliphatic heterocycles. The molecular weight excluding hydrogens is 332 g/mol. The van der Waals surface area contributed by atoms with Crippen molar-refractivity contribution in [2.45, 2.75) is 146 Å². The Morgan fingerprint density at radius 1 is 0.704 bits per heavy atom. The van der Waals surface area contributed by atoms with Gasteiger partial charge in [-0.3, -0.25) is 0 Å². The van der Waals surface area contributed by atoms with Crippen LogP contribution in [0, 0.1) is 5.92 Å². The summed E-state index contributed by atoms with van der Waals surface area (Å²) in [6, 6.07) is 1.48.